The summed E-state index contributed by atoms with van der Waals surface area (Å²) in [5.41, 5.74) is 1.30. The molecule has 2 N–H and O–H groups in total. The fraction of sp³-hybridized carbons (Fsp3) is 0.125. The summed E-state index contributed by atoms with van der Waals surface area (Å²) in [5.74, 6) is 4.73. The number of halogens is 1. The molecule has 1 heterocycles. The molecule has 4 nitrogen and oxygen atoms in total. The van der Waals surface area contributed by atoms with Gasteiger partial charge in [-0.2, -0.15) is 0 Å². The lowest BCUT2D eigenvalue weighted by molar-refractivity contribution is 0.102. The quantitative estimate of drug-likeness (QED) is 0.849. The number of aromatic nitrogens is 1. The lowest BCUT2D eigenvalue weighted by atomic mass is 10.1. The molecule has 0 spiro atoms. The van der Waals surface area contributed by atoms with Gasteiger partial charge in [-0.15, -0.1) is 0 Å². The first kappa shape index (κ1) is 14.7. The van der Waals surface area contributed by atoms with Crippen LogP contribution in [-0.4, -0.2) is 22.6 Å². The zero-order valence-corrected chi connectivity index (χ0v) is 11.1. The summed E-state index contributed by atoms with van der Waals surface area (Å²) in [6.07, 6.45) is 1.35. The number of nitrogens with zero attached hydrogens (tertiary/aromatic N) is 1. The monoisotopic (exact) mass is 284 g/mol. The third-order valence-electron chi connectivity index (χ3n) is 2.60. The van der Waals surface area contributed by atoms with Gasteiger partial charge in [0, 0.05) is 12.0 Å². The van der Waals surface area contributed by atoms with Crippen LogP contribution in [0.2, 0.25) is 0 Å². The first-order valence-corrected chi connectivity index (χ1v) is 6.32. The standard InChI is InChI=1S/C16H13FN2O2/c17-13-8-9-15(18-11-13)16(21)19-14-7-2-1-5-12(14)6-3-4-10-20/h1-2,5,7-9,11,20H,4,10H2,(H,19,21). The SMILES string of the molecule is O=C(Nc1ccccc1C#CCCO)c1ccc(F)cn1. The first-order chi connectivity index (χ1) is 10.2. The van der Waals surface area contributed by atoms with E-state index < -0.39 is 11.7 Å². The number of hydrogen-bond acceptors (Lipinski definition) is 3. The molecule has 0 saturated carbocycles. The van der Waals surface area contributed by atoms with Gasteiger partial charge < -0.3 is 10.4 Å². The average molecular weight is 284 g/mol. The number of hydrogen-bond donors (Lipinski definition) is 2. The molecule has 106 valence electrons. The van der Waals surface area contributed by atoms with Crippen LogP contribution in [-0.2, 0) is 0 Å². The molecule has 1 aromatic carbocycles. The number of anilines is 1. The van der Waals surface area contributed by atoms with Gasteiger partial charge in [-0.3, -0.25) is 4.79 Å². The number of aliphatic hydroxyl groups is 1. The van der Waals surface area contributed by atoms with Crippen LogP contribution < -0.4 is 5.32 Å². The second-order valence-corrected chi connectivity index (χ2v) is 4.14. The molecule has 0 unspecified atom stereocenters. The summed E-state index contributed by atoms with van der Waals surface area (Å²) >= 11 is 0. The third-order valence-corrected chi connectivity index (χ3v) is 2.60. The minimum atomic E-state index is -0.498. The minimum absolute atomic E-state index is 0.0129. The molecule has 21 heavy (non-hydrogen) atoms. The summed E-state index contributed by atoms with van der Waals surface area (Å²) in [4.78, 5) is 15.7. The lowest BCUT2D eigenvalue weighted by Crippen LogP contribution is -2.14. The Bertz CT molecular complexity index is 687. The second kappa shape index (κ2) is 7.17. The Balaban J connectivity index is 2.18. The van der Waals surface area contributed by atoms with E-state index in [0.29, 0.717) is 17.7 Å². The number of amides is 1. The van der Waals surface area contributed by atoms with Crippen molar-refractivity contribution in [3.63, 3.8) is 0 Å². The molecule has 0 atom stereocenters. The van der Waals surface area contributed by atoms with E-state index >= 15 is 0 Å². The van der Waals surface area contributed by atoms with Gasteiger partial charge in [0.25, 0.3) is 5.91 Å². The molecular weight excluding hydrogens is 271 g/mol. The van der Waals surface area contributed by atoms with Crippen molar-refractivity contribution in [2.45, 2.75) is 6.42 Å². The van der Waals surface area contributed by atoms with E-state index in [1.807, 2.05) is 0 Å². The highest BCUT2D eigenvalue weighted by Crippen LogP contribution is 2.14. The number of nitrogens with one attached hydrogen (secondary N) is 1. The normalized spacial score (nSPS) is 9.62. The van der Waals surface area contributed by atoms with E-state index in [1.165, 1.54) is 12.1 Å². The van der Waals surface area contributed by atoms with Crippen LogP contribution in [0.1, 0.15) is 22.5 Å². The fourth-order valence-electron chi connectivity index (χ4n) is 1.61. The Morgan fingerprint density at radius 3 is 2.81 bits per heavy atom. The predicted octanol–water partition coefficient (Wildman–Crippen LogP) is 2.21. The molecule has 0 saturated heterocycles. The Hall–Kier alpha value is -2.71. The first-order valence-electron chi connectivity index (χ1n) is 6.32. The maximum Gasteiger partial charge on any atom is 0.274 e. The van der Waals surface area contributed by atoms with E-state index in [4.69, 9.17) is 5.11 Å². The highest BCUT2D eigenvalue weighted by Gasteiger charge is 2.09. The fourth-order valence-corrected chi connectivity index (χ4v) is 1.61. The molecule has 0 fully saturated rings. The highest BCUT2D eigenvalue weighted by atomic mass is 19.1. The van der Waals surface area contributed by atoms with Gasteiger partial charge in [0.2, 0.25) is 0 Å². The largest absolute Gasteiger partial charge is 0.395 e. The minimum Gasteiger partial charge on any atom is -0.395 e. The Kier molecular flexibility index (Phi) is 5.02. The summed E-state index contributed by atoms with van der Waals surface area (Å²) in [5, 5.41) is 11.4. The average Bonchev–Trinajstić information content (AvgIpc) is 2.50. The van der Waals surface area contributed by atoms with Gasteiger partial charge in [-0.1, -0.05) is 24.0 Å². The van der Waals surface area contributed by atoms with Crippen molar-refractivity contribution in [1.29, 1.82) is 0 Å². The van der Waals surface area contributed by atoms with Gasteiger partial charge in [0.15, 0.2) is 0 Å². The van der Waals surface area contributed by atoms with Crippen LogP contribution in [0, 0.1) is 17.7 Å². The molecule has 2 aromatic rings. The molecule has 0 aliphatic carbocycles. The zero-order valence-electron chi connectivity index (χ0n) is 11.1. The van der Waals surface area contributed by atoms with Crippen LogP contribution in [0.4, 0.5) is 10.1 Å². The number of carbonyl (C=O) groups is 1. The zero-order chi connectivity index (χ0) is 15.1. The van der Waals surface area contributed by atoms with Crippen molar-refractivity contribution in [1.82, 2.24) is 4.98 Å². The number of carbonyl (C=O) groups excluding carboxylic acids is 1. The van der Waals surface area contributed by atoms with Crippen molar-refractivity contribution in [2.24, 2.45) is 0 Å². The summed E-state index contributed by atoms with van der Waals surface area (Å²) in [6.45, 7) is -0.0129. The number of aliphatic hydroxyl groups excluding tert-OH is 1. The van der Waals surface area contributed by atoms with Crippen molar-refractivity contribution in [3.05, 3.63) is 59.7 Å². The van der Waals surface area contributed by atoms with Crippen LogP contribution in [0.3, 0.4) is 0 Å². The molecule has 2 rings (SSSR count). The highest BCUT2D eigenvalue weighted by molar-refractivity contribution is 6.03. The molecule has 0 bridgehead atoms. The smallest absolute Gasteiger partial charge is 0.274 e. The van der Waals surface area contributed by atoms with Gasteiger partial charge in [0.05, 0.1) is 18.5 Å². The molecule has 5 heteroatoms. The Morgan fingerprint density at radius 1 is 1.29 bits per heavy atom. The van der Waals surface area contributed by atoms with Gasteiger partial charge in [-0.25, -0.2) is 9.37 Å². The second-order valence-electron chi connectivity index (χ2n) is 4.14. The van der Waals surface area contributed by atoms with E-state index in [0.717, 1.165) is 6.20 Å². The van der Waals surface area contributed by atoms with Crippen LogP contribution in [0.5, 0.6) is 0 Å². The van der Waals surface area contributed by atoms with Crippen LogP contribution >= 0.6 is 0 Å². The summed E-state index contributed by atoms with van der Waals surface area (Å²) < 4.78 is 12.8. The molecule has 1 aromatic heterocycles. The van der Waals surface area contributed by atoms with E-state index in [2.05, 4.69) is 22.1 Å². The molecule has 0 aliphatic heterocycles. The molecule has 0 aliphatic rings. The van der Waals surface area contributed by atoms with Crippen LogP contribution in [0.25, 0.3) is 0 Å². The Morgan fingerprint density at radius 2 is 2.10 bits per heavy atom. The van der Waals surface area contributed by atoms with Crippen molar-refractivity contribution < 1.29 is 14.3 Å². The van der Waals surface area contributed by atoms with Gasteiger partial charge >= 0.3 is 0 Å². The Labute approximate surface area is 121 Å². The van der Waals surface area contributed by atoms with Crippen molar-refractivity contribution >= 4 is 11.6 Å². The summed E-state index contributed by atoms with van der Waals surface area (Å²) in [7, 11) is 0. The van der Waals surface area contributed by atoms with Crippen molar-refractivity contribution in [3.8, 4) is 11.8 Å². The van der Waals surface area contributed by atoms with Gasteiger partial charge in [0.1, 0.15) is 11.5 Å². The number of rotatable bonds is 3. The summed E-state index contributed by atoms with van der Waals surface area (Å²) in [6, 6.07) is 9.53. The van der Waals surface area contributed by atoms with E-state index in [9.17, 15) is 9.18 Å². The van der Waals surface area contributed by atoms with E-state index in [1.54, 1.807) is 24.3 Å². The van der Waals surface area contributed by atoms with E-state index in [-0.39, 0.29) is 12.3 Å². The van der Waals surface area contributed by atoms with Crippen LogP contribution in [0.15, 0.2) is 42.6 Å². The maximum absolute atomic E-state index is 12.8. The number of benzene rings is 1. The molecule has 1 amide bonds. The maximum atomic E-state index is 12.8. The molecular formula is C16H13FN2O2. The topological polar surface area (TPSA) is 62.2 Å². The lowest BCUT2D eigenvalue weighted by Gasteiger charge is -2.06. The molecule has 0 radical (unpaired) electrons. The number of pyridine rings is 1. The number of para-hydroxylation sites is 1. The van der Waals surface area contributed by atoms with Crippen molar-refractivity contribution in [2.75, 3.05) is 11.9 Å². The third kappa shape index (κ3) is 4.13. The predicted molar refractivity (Wildman–Crippen MR) is 77.2 cm³/mol. The van der Waals surface area contributed by atoms with Gasteiger partial charge in [-0.05, 0) is 24.3 Å².